The summed E-state index contributed by atoms with van der Waals surface area (Å²) >= 11 is 0. The number of carbonyl (C=O) groups excluding carboxylic acids is 2. The number of sulfonamides is 1. The van der Waals surface area contributed by atoms with Crippen molar-refractivity contribution in [2.75, 3.05) is 13.2 Å². The number of hydrogen-bond acceptors (Lipinski definition) is 5. The van der Waals surface area contributed by atoms with Gasteiger partial charge >= 0.3 is 5.97 Å². The number of nitrogens with one attached hydrogen (secondary N) is 2. The fourth-order valence-electron chi connectivity index (χ4n) is 2.28. The molecule has 8 heteroatoms. The zero-order chi connectivity index (χ0) is 20.6. The Morgan fingerprint density at radius 2 is 1.89 bits per heavy atom. The summed E-state index contributed by atoms with van der Waals surface area (Å²) in [7, 11) is -3.83. The molecule has 0 spiro atoms. The molecule has 1 amide bonds. The van der Waals surface area contributed by atoms with Gasteiger partial charge < -0.3 is 10.1 Å². The van der Waals surface area contributed by atoms with Gasteiger partial charge in [-0.1, -0.05) is 36.3 Å². The predicted molar refractivity (Wildman–Crippen MR) is 104 cm³/mol. The summed E-state index contributed by atoms with van der Waals surface area (Å²) in [5, 5.41) is 2.66. The minimum atomic E-state index is -3.83. The maximum absolute atomic E-state index is 12.1. The van der Waals surface area contributed by atoms with Crippen LogP contribution in [0.15, 0.2) is 53.4 Å². The minimum Gasteiger partial charge on any atom is -0.452 e. The van der Waals surface area contributed by atoms with Crippen molar-refractivity contribution < 1.29 is 22.7 Å². The largest absolute Gasteiger partial charge is 0.452 e. The van der Waals surface area contributed by atoms with E-state index in [0.29, 0.717) is 6.54 Å². The smallest absolute Gasteiger partial charge is 0.338 e. The Bertz CT molecular complexity index is 1010. The molecule has 0 aromatic heterocycles. The summed E-state index contributed by atoms with van der Waals surface area (Å²) in [6, 6.07) is 12.9. The van der Waals surface area contributed by atoms with Gasteiger partial charge in [0, 0.05) is 6.54 Å². The summed E-state index contributed by atoms with van der Waals surface area (Å²) in [6.07, 6.45) is 5.04. The van der Waals surface area contributed by atoms with Gasteiger partial charge in [-0.15, -0.1) is 6.42 Å². The molecule has 0 unspecified atom stereocenters. The number of hydrogen-bond donors (Lipinski definition) is 2. The number of terminal acetylenes is 1. The SMILES string of the molecule is C#CCNS(=O)(=O)c1cccc(C(=O)OCC(=O)NCc2ccccc2C)c1. The molecule has 2 rings (SSSR count). The average molecular weight is 400 g/mol. The standard InChI is InChI=1S/C20H20N2O5S/c1-3-11-22-28(25,26)18-10-6-9-16(12-18)20(24)27-14-19(23)21-13-17-8-5-4-7-15(17)2/h1,4-10,12,22H,11,13-14H2,2H3,(H,21,23). The molecule has 0 bridgehead atoms. The van der Waals surface area contributed by atoms with Gasteiger partial charge in [0.1, 0.15) is 0 Å². The Morgan fingerprint density at radius 1 is 1.14 bits per heavy atom. The fourth-order valence-corrected chi connectivity index (χ4v) is 3.26. The van der Waals surface area contributed by atoms with Crippen LogP contribution < -0.4 is 10.0 Å². The summed E-state index contributed by atoms with van der Waals surface area (Å²) in [4.78, 5) is 23.9. The monoisotopic (exact) mass is 400 g/mol. The molecule has 2 N–H and O–H groups in total. The van der Waals surface area contributed by atoms with E-state index in [0.717, 1.165) is 17.2 Å². The lowest BCUT2D eigenvalue weighted by Crippen LogP contribution is -2.28. The lowest BCUT2D eigenvalue weighted by atomic mass is 10.1. The molecule has 0 heterocycles. The highest BCUT2D eigenvalue weighted by atomic mass is 32.2. The number of ether oxygens (including phenoxy) is 1. The van der Waals surface area contributed by atoms with Crippen LogP contribution in [0.1, 0.15) is 21.5 Å². The second-order valence-electron chi connectivity index (χ2n) is 5.84. The molecule has 0 aliphatic carbocycles. The van der Waals surface area contributed by atoms with Gasteiger partial charge in [0.15, 0.2) is 6.61 Å². The van der Waals surface area contributed by atoms with Crippen LogP contribution in [-0.2, 0) is 26.1 Å². The van der Waals surface area contributed by atoms with Crippen molar-refractivity contribution in [3.63, 3.8) is 0 Å². The van der Waals surface area contributed by atoms with Crippen molar-refractivity contribution in [3.05, 3.63) is 65.2 Å². The van der Waals surface area contributed by atoms with E-state index in [1.807, 2.05) is 31.2 Å². The van der Waals surface area contributed by atoms with Crippen LogP contribution >= 0.6 is 0 Å². The Morgan fingerprint density at radius 3 is 2.61 bits per heavy atom. The van der Waals surface area contributed by atoms with Gasteiger partial charge in [-0.05, 0) is 36.2 Å². The third-order valence-electron chi connectivity index (χ3n) is 3.82. The molecular weight excluding hydrogens is 380 g/mol. The van der Waals surface area contributed by atoms with Crippen LogP contribution in [-0.4, -0.2) is 33.4 Å². The molecule has 2 aromatic rings. The Labute approximate surface area is 164 Å². The molecule has 146 valence electrons. The zero-order valence-corrected chi connectivity index (χ0v) is 16.1. The fraction of sp³-hybridized carbons (Fsp3) is 0.200. The summed E-state index contributed by atoms with van der Waals surface area (Å²) < 4.78 is 31.3. The van der Waals surface area contributed by atoms with E-state index in [1.165, 1.54) is 18.2 Å². The first-order valence-corrected chi connectivity index (χ1v) is 9.83. The number of aryl methyl sites for hydroxylation is 1. The highest BCUT2D eigenvalue weighted by Gasteiger charge is 2.17. The van der Waals surface area contributed by atoms with E-state index >= 15 is 0 Å². The number of amides is 1. The van der Waals surface area contributed by atoms with Crippen molar-refractivity contribution in [2.45, 2.75) is 18.4 Å². The minimum absolute atomic E-state index is 0.00952. The average Bonchev–Trinajstić information content (AvgIpc) is 2.70. The lowest BCUT2D eigenvalue weighted by molar-refractivity contribution is -0.124. The first kappa shape index (κ1) is 21.2. The third-order valence-corrected chi connectivity index (χ3v) is 5.21. The van der Waals surface area contributed by atoms with Gasteiger partial charge in [-0.2, -0.15) is 4.72 Å². The second-order valence-corrected chi connectivity index (χ2v) is 7.60. The van der Waals surface area contributed by atoms with Gasteiger partial charge in [0.2, 0.25) is 10.0 Å². The predicted octanol–water partition coefficient (Wildman–Crippen LogP) is 1.38. The van der Waals surface area contributed by atoms with E-state index in [2.05, 4.69) is 16.0 Å². The van der Waals surface area contributed by atoms with Gasteiger partial charge in [-0.25, -0.2) is 13.2 Å². The molecule has 0 aliphatic rings. The van der Waals surface area contributed by atoms with Gasteiger partial charge in [0.25, 0.3) is 5.91 Å². The molecule has 0 radical (unpaired) electrons. The van der Waals surface area contributed by atoms with Crippen LogP contribution in [0.3, 0.4) is 0 Å². The van der Waals surface area contributed by atoms with Crippen LogP contribution in [0.5, 0.6) is 0 Å². The van der Waals surface area contributed by atoms with Crippen molar-refractivity contribution >= 4 is 21.9 Å². The molecule has 28 heavy (non-hydrogen) atoms. The van der Waals surface area contributed by atoms with Crippen molar-refractivity contribution in [3.8, 4) is 12.3 Å². The molecule has 0 atom stereocenters. The van der Waals surface area contributed by atoms with Crippen molar-refractivity contribution in [1.82, 2.24) is 10.0 Å². The molecule has 0 saturated carbocycles. The first-order valence-electron chi connectivity index (χ1n) is 8.35. The number of esters is 1. The van der Waals surface area contributed by atoms with Crippen LogP contribution in [0.4, 0.5) is 0 Å². The molecule has 2 aromatic carbocycles. The summed E-state index contributed by atoms with van der Waals surface area (Å²) in [6.45, 7) is 1.60. The van der Waals surface area contributed by atoms with Crippen LogP contribution in [0.25, 0.3) is 0 Å². The number of carbonyl (C=O) groups is 2. The zero-order valence-electron chi connectivity index (χ0n) is 15.3. The van der Waals surface area contributed by atoms with Gasteiger partial charge in [0.05, 0.1) is 17.0 Å². The van der Waals surface area contributed by atoms with Crippen molar-refractivity contribution in [2.24, 2.45) is 0 Å². The van der Waals surface area contributed by atoms with E-state index in [9.17, 15) is 18.0 Å². The molecule has 7 nitrogen and oxygen atoms in total. The van der Waals surface area contributed by atoms with E-state index in [-0.39, 0.29) is 17.0 Å². The Hall–Kier alpha value is -3.15. The van der Waals surface area contributed by atoms with Crippen LogP contribution in [0.2, 0.25) is 0 Å². The molecular formula is C20H20N2O5S. The number of benzene rings is 2. The third kappa shape index (κ3) is 5.94. The lowest BCUT2D eigenvalue weighted by Gasteiger charge is -2.09. The molecule has 0 saturated heterocycles. The topological polar surface area (TPSA) is 102 Å². The maximum Gasteiger partial charge on any atom is 0.338 e. The summed E-state index contributed by atoms with van der Waals surface area (Å²) in [5.74, 6) is 0.897. The Kier molecular flexibility index (Phi) is 7.32. The molecule has 0 fully saturated rings. The van der Waals surface area contributed by atoms with Crippen molar-refractivity contribution in [1.29, 1.82) is 0 Å². The van der Waals surface area contributed by atoms with E-state index < -0.39 is 28.5 Å². The quantitative estimate of drug-likeness (QED) is 0.515. The molecule has 0 aliphatic heterocycles. The Balaban J connectivity index is 1.92. The highest BCUT2D eigenvalue weighted by molar-refractivity contribution is 7.89. The number of rotatable bonds is 8. The highest BCUT2D eigenvalue weighted by Crippen LogP contribution is 2.12. The summed E-state index contributed by atoms with van der Waals surface area (Å²) in [5.41, 5.74) is 2.01. The normalized spacial score (nSPS) is 10.7. The van der Waals surface area contributed by atoms with E-state index in [4.69, 9.17) is 11.2 Å². The first-order chi connectivity index (χ1) is 13.3. The van der Waals surface area contributed by atoms with E-state index in [1.54, 1.807) is 0 Å². The van der Waals surface area contributed by atoms with Gasteiger partial charge in [-0.3, -0.25) is 4.79 Å². The maximum atomic E-state index is 12.1. The van der Waals surface area contributed by atoms with Crippen LogP contribution in [0, 0.1) is 19.3 Å². The second kappa shape index (κ2) is 9.69.